The van der Waals surface area contributed by atoms with E-state index in [0.29, 0.717) is 6.54 Å². The molecule has 1 aliphatic rings. The van der Waals surface area contributed by atoms with Gasteiger partial charge in [0, 0.05) is 34.2 Å². The summed E-state index contributed by atoms with van der Waals surface area (Å²) in [6.45, 7) is 3.93. The largest absolute Gasteiger partial charge is 0.352 e. The molecule has 2 amide bonds. The summed E-state index contributed by atoms with van der Waals surface area (Å²) >= 11 is 4.99. The van der Waals surface area contributed by atoms with E-state index < -0.39 is 0 Å². The first-order valence-electron chi connectivity index (χ1n) is 9.79. The van der Waals surface area contributed by atoms with Gasteiger partial charge in [0.1, 0.15) is 0 Å². The second-order valence-electron chi connectivity index (χ2n) is 7.19. The van der Waals surface area contributed by atoms with E-state index in [1.165, 1.54) is 0 Å². The van der Waals surface area contributed by atoms with E-state index in [2.05, 4.69) is 31.5 Å². The molecule has 0 aromatic heterocycles. The number of rotatable bonds is 7. The minimum atomic E-state index is -0.147. The highest BCUT2D eigenvalue weighted by atomic mass is 79.9. The zero-order valence-corrected chi connectivity index (χ0v) is 18.8. The summed E-state index contributed by atoms with van der Waals surface area (Å²) in [5.74, 6) is 0.0661. The summed E-state index contributed by atoms with van der Waals surface area (Å²) < 4.78 is 1.03. The van der Waals surface area contributed by atoms with E-state index >= 15 is 0 Å². The number of para-hydroxylation sites is 1. The minimum absolute atomic E-state index is 0.00166. The first kappa shape index (κ1) is 21.9. The summed E-state index contributed by atoms with van der Waals surface area (Å²) in [5, 5.41) is 5.94. The number of carbonyl (C=O) groups is 2. The van der Waals surface area contributed by atoms with Crippen molar-refractivity contribution in [3.63, 3.8) is 0 Å². The first-order valence-corrected chi connectivity index (χ1v) is 11.5. The number of likely N-dealkylation sites (tertiary alicyclic amines) is 1. The summed E-state index contributed by atoms with van der Waals surface area (Å²) in [4.78, 5) is 27.9. The monoisotopic (exact) mass is 475 g/mol. The van der Waals surface area contributed by atoms with Crippen molar-refractivity contribution in [3.05, 3.63) is 59.1 Å². The van der Waals surface area contributed by atoms with E-state index in [1.54, 1.807) is 11.8 Å². The van der Waals surface area contributed by atoms with Crippen molar-refractivity contribution in [2.75, 3.05) is 25.0 Å². The molecule has 1 aliphatic heterocycles. The van der Waals surface area contributed by atoms with Crippen LogP contribution in [0.15, 0.2) is 64.0 Å². The normalized spacial score (nSPS) is 16.2. The van der Waals surface area contributed by atoms with E-state index in [1.807, 2.05) is 61.5 Å². The van der Waals surface area contributed by atoms with Crippen LogP contribution < -0.4 is 10.6 Å². The van der Waals surface area contributed by atoms with Crippen molar-refractivity contribution in [1.29, 1.82) is 0 Å². The van der Waals surface area contributed by atoms with Crippen LogP contribution in [0.1, 0.15) is 19.8 Å². The van der Waals surface area contributed by atoms with Gasteiger partial charge in [-0.1, -0.05) is 34.1 Å². The summed E-state index contributed by atoms with van der Waals surface area (Å²) in [6.07, 6.45) is 1.72. The number of benzene rings is 2. The van der Waals surface area contributed by atoms with Crippen LogP contribution >= 0.6 is 27.7 Å². The number of hydrogen-bond donors (Lipinski definition) is 2. The fourth-order valence-corrected chi connectivity index (χ4v) is 4.39. The predicted octanol–water partition coefficient (Wildman–Crippen LogP) is 4.15. The predicted molar refractivity (Wildman–Crippen MR) is 122 cm³/mol. The molecule has 1 heterocycles. The molecule has 29 heavy (non-hydrogen) atoms. The maximum Gasteiger partial charge on any atom is 0.238 e. The molecular formula is C22H26BrN3O2S. The highest BCUT2D eigenvalue weighted by Crippen LogP contribution is 2.25. The third kappa shape index (κ3) is 7.17. The van der Waals surface area contributed by atoms with Gasteiger partial charge in [0.05, 0.1) is 11.8 Å². The number of hydrogen-bond acceptors (Lipinski definition) is 4. The Balaban J connectivity index is 1.38. The van der Waals surface area contributed by atoms with Gasteiger partial charge in [-0.25, -0.2) is 0 Å². The smallest absolute Gasteiger partial charge is 0.238 e. The summed E-state index contributed by atoms with van der Waals surface area (Å²) in [5.41, 5.74) is 0.817. The Morgan fingerprint density at radius 3 is 2.41 bits per heavy atom. The van der Waals surface area contributed by atoms with Crippen LogP contribution in [-0.2, 0) is 9.59 Å². The number of thioether (sulfide) groups is 1. The van der Waals surface area contributed by atoms with Gasteiger partial charge in [0.2, 0.25) is 11.8 Å². The maximum atomic E-state index is 12.5. The molecule has 1 fully saturated rings. The number of carbonyl (C=O) groups excluding carboxylic acids is 2. The second-order valence-corrected chi connectivity index (χ2v) is 9.52. The van der Waals surface area contributed by atoms with E-state index in [9.17, 15) is 9.59 Å². The lowest BCUT2D eigenvalue weighted by molar-refractivity contribution is -0.122. The van der Waals surface area contributed by atoms with Crippen LogP contribution in [0, 0.1) is 0 Å². The fraction of sp³-hybridized carbons (Fsp3) is 0.364. The molecule has 154 valence electrons. The Kier molecular flexibility index (Phi) is 8.15. The van der Waals surface area contributed by atoms with Crippen molar-refractivity contribution in [2.45, 2.75) is 36.0 Å². The van der Waals surface area contributed by atoms with Crippen molar-refractivity contribution in [3.8, 4) is 0 Å². The van der Waals surface area contributed by atoms with Gasteiger partial charge in [-0.3, -0.25) is 14.5 Å². The first-order chi connectivity index (χ1) is 14.0. The Bertz CT molecular complexity index is 809. The molecule has 0 radical (unpaired) electrons. The van der Waals surface area contributed by atoms with E-state index in [4.69, 9.17) is 0 Å². The fourth-order valence-electron chi connectivity index (χ4n) is 3.25. The maximum absolute atomic E-state index is 12.5. The Labute approximate surface area is 184 Å². The average Bonchev–Trinajstić information content (AvgIpc) is 2.72. The second kappa shape index (κ2) is 10.8. The third-order valence-corrected chi connectivity index (χ3v) is 6.50. The minimum Gasteiger partial charge on any atom is -0.352 e. The van der Waals surface area contributed by atoms with Crippen LogP contribution in [0.3, 0.4) is 0 Å². The molecule has 2 aromatic carbocycles. The number of piperidine rings is 1. The molecule has 1 saturated heterocycles. The number of nitrogens with one attached hydrogen (secondary N) is 2. The van der Waals surface area contributed by atoms with Crippen molar-refractivity contribution >= 4 is 45.2 Å². The highest BCUT2D eigenvalue weighted by molar-refractivity contribution is 9.10. The van der Waals surface area contributed by atoms with Gasteiger partial charge in [-0.15, -0.1) is 11.8 Å². The standard InChI is InChI=1S/C22H26BrN3O2S/c1-16(29-20-9-7-17(23)8-10-20)22(28)25-19-11-13-26(14-12-19)15-21(27)24-18-5-3-2-4-6-18/h2-10,16,19H,11-15H2,1H3,(H,24,27)(H,25,28). The zero-order valence-electron chi connectivity index (χ0n) is 16.4. The number of anilines is 1. The molecule has 1 atom stereocenters. The molecule has 0 saturated carbocycles. The Morgan fingerprint density at radius 1 is 1.10 bits per heavy atom. The summed E-state index contributed by atoms with van der Waals surface area (Å²) in [7, 11) is 0. The van der Waals surface area contributed by atoms with Crippen molar-refractivity contribution < 1.29 is 9.59 Å². The molecule has 3 rings (SSSR count). The van der Waals surface area contributed by atoms with E-state index in [0.717, 1.165) is 41.0 Å². The van der Waals surface area contributed by atoms with Crippen LogP contribution in [0.2, 0.25) is 0 Å². The van der Waals surface area contributed by atoms with Crippen molar-refractivity contribution in [1.82, 2.24) is 10.2 Å². The number of halogens is 1. The van der Waals surface area contributed by atoms with Crippen LogP contribution in [-0.4, -0.2) is 47.6 Å². The zero-order chi connectivity index (χ0) is 20.6. The molecule has 5 nitrogen and oxygen atoms in total. The SMILES string of the molecule is CC(Sc1ccc(Br)cc1)C(=O)NC1CCN(CC(=O)Nc2ccccc2)CC1. The number of nitrogens with zero attached hydrogens (tertiary/aromatic N) is 1. The van der Waals surface area contributed by atoms with Crippen LogP contribution in [0.25, 0.3) is 0 Å². The molecule has 0 spiro atoms. The Hall–Kier alpha value is -1.83. The average molecular weight is 476 g/mol. The molecular weight excluding hydrogens is 450 g/mol. The van der Waals surface area contributed by atoms with Gasteiger partial charge in [-0.2, -0.15) is 0 Å². The van der Waals surface area contributed by atoms with Crippen LogP contribution in [0.5, 0.6) is 0 Å². The van der Waals surface area contributed by atoms with Gasteiger partial charge in [0.25, 0.3) is 0 Å². The number of amides is 2. The highest BCUT2D eigenvalue weighted by Gasteiger charge is 2.24. The van der Waals surface area contributed by atoms with E-state index in [-0.39, 0.29) is 23.1 Å². The van der Waals surface area contributed by atoms with Gasteiger partial charge in [-0.05, 0) is 56.2 Å². The molecule has 0 bridgehead atoms. The third-order valence-electron chi connectivity index (χ3n) is 4.85. The van der Waals surface area contributed by atoms with Gasteiger partial charge < -0.3 is 10.6 Å². The lowest BCUT2D eigenvalue weighted by Gasteiger charge is -2.32. The topological polar surface area (TPSA) is 61.4 Å². The van der Waals surface area contributed by atoms with Crippen LogP contribution in [0.4, 0.5) is 5.69 Å². The molecule has 7 heteroatoms. The Morgan fingerprint density at radius 2 is 1.76 bits per heavy atom. The van der Waals surface area contributed by atoms with Crippen molar-refractivity contribution in [2.24, 2.45) is 0 Å². The van der Waals surface area contributed by atoms with Gasteiger partial charge in [0.15, 0.2) is 0 Å². The lowest BCUT2D eigenvalue weighted by atomic mass is 10.0. The quantitative estimate of drug-likeness (QED) is 0.590. The summed E-state index contributed by atoms with van der Waals surface area (Å²) in [6, 6.07) is 17.7. The molecule has 2 N–H and O–H groups in total. The van der Waals surface area contributed by atoms with Gasteiger partial charge >= 0.3 is 0 Å². The lowest BCUT2D eigenvalue weighted by Crippen LogP contribution is -2.48. The molecule has 2 aromatic rings. The molecule has 0 aliphatic carbocycles. The molecule has 1 unspecified atom stereocenters.